The third kappa shape index (κ3) is 4.54. The lowest BCUT2D eigenvalue weighted by Crippen LogP contribution is -2.32. The van der Waals surface area contributed by atoms with Crippen LogP contribution in [-0.4, -0.2) is 25.4 Å². The van der Waals surface area contributed by atoms with E-state index in [1.54, 1.807) is 20.3 Å². The van der Waals surface area contributed by atoms with Crippen LogP contribution in [0.1, 0.15) is 42.9 Å². The highest BCUT2D eigenvalue weighted by Crippen LogP contribution is 2.40. The third-order valence-corrected chi connectivity index (χ3v) is 5.36. The van der Waals surface area contributed by atoms with Gasteiger partial charge >= 0.3 is 0 Å². The maximum absolute atomic E-state index is 10.8. The van der Waals surface area contributed by atoms with Crippen LogP contribution in [0.3, 0.4) is 0 Å². The number of nitrogens with two attached hydrogens (primary N) is 1. The molecule has 0 bridgehead atoms. The fourth-order valence-corrected chi connectivity index (χ4v) is 3.77. The Bertz CT molecular complexity index is 729. The van der Waals surface area contributed by atoms with E-state index in [9.17, 15) is 5.11 Å². The van der Waals surface area contributed by atoms with Gasteiger partial charge in [-0.1, -0.05) is 43.2 Å². The number of benzene rings is 2. The van der Waals surface area contributed by atoms with Crippen LogP contribution in [0, 0.1) is 5.92 Å². The molecule has 0 spiro atoms. The van der Waals surface area contributed by atoms with Crippen molar-refractivity contribution in [2.24, 2.45) is 11.7 Å². The van der Waals surface area contributed by atoms with Gasteiger partial charge in [0.05, 0.1) is 26.4 Å². The predicted octanol–water partition coefficient (Wildman–Crippen LogP) is 3.83. The molecule has 1 aliphatic carbocycles. The maximum Gasteiger partial charge on any atom is 0.164 e. The molecule has 0 unspecified atom stereocenters. The van der Waals surface area contributed by atoms with E-state index in [-0.39, 0.29) is 5.92 Å². The minimum Gasteiger partial charge on any atom is -0.493 e. The van der Waals surface area contributed by atoms with E-state index in [1.807, 2.05) is 36.4 Å². The summed E-state index contributed by atoms with van der Waals surface area (Å²) in [4.78, 5) is 0. The molecule has 3 N–H and O–H groups in total. The third-order valence-electron chi connectivity index (χ3n) is 5.36. The van der Waals surface area contributed by atoms with Gasteiger partial charge in [-0.05, 0) is 30.4 Å². The SMILES string of the molecule is COc1cc(OCc2ccccc2)c([C@@H](N)[C@@H](O)C2CCCC2)cc1OC. The fraction of sp³-hybridized carbons (Fsp3) is 0.455. The number of ether oxygens (including phenoxy) is 3. The number of rotatable bonds is 8. The van der Waals surface area contributed by atoms with Crippen molar-refractivity contribution in [1.29, 1.82) is 0 Å². The zero-order valence-electron chi connectivity index (χ0n) is 16.1. The predicted molar refractivity (Wildman–Crippen MR) is 105 cm³/mol. The van der Waals surface area contributed by atoms with Crippen molar-refractivity contribution in [3.8, 4) is 17.2 Å². The highest BCUT2D eigenvalue weighted by atomic mass is 16.5. The minimum absolute atomic E-state index is 0.232. The van der Waals surface area contributed by atoms with E-state index in [4.69, 9.17) is 19.9 Å². The quantitative estimate of drug-likeness (QED) is 0.738. The van der Waals surface area contributed by atoms with Crippen LogP contribution < -0.4 is 19.9 Å². The summed E-state index contributed by atoms with van der Waals surface area (Å²) in [6.07, 6.45) is 3.73. The normalized spacial score (nSPS) is 16.7. The minimum atomic E-state index is -0.607. The molecule has 146 valence electrons. The van der Waals surface area contributed by atoms with Crippen LogP contribution in [0.4, 0.5) is 0 Å². The van der Waals surface area contributed by atoms with Gasteiger partial charge in [0, 0.05) is 11.6 Å². The highest BCUT2D eigenvalue weighted by Gasteiger charge is 2.31. The van der Waals surface area contributed by atoms with Crippen molar-refractivity contribution < 1.29 is 19.3 Å². The largest absolute Gasteiger partial charge is 0.493 e. The van der Waals surface area contributed by atoms with Crippen molar-refractivity contribution in [2.45, 2.75) is 44.4 Å². The van der Waals surface area contributed by atoms with Gasteiger partial charge in [-0.25, -0.2) is 0 Å². The van der Waals surface area contributed by atoms with Gasteiger partial charge in [0.15, 0.2) is 11.5 Å². The van der Waals surface area contributed by atoms with Crippen molar-refractivity contribution in [2.75, 3.05) is 14.2 Å². The summed E-state index contributed by atoms with van der Waals surface area (Å²) in [6.45, 7) is 0.412. The highest BCUT2D eigenvalue weighted by molar-refractivity contribution is 5.52. The molecule has 0 aromatic heterocycles. The number of hydrogen-bond acceptors (Lipinski definition) is 5. The Morgan fingerprint density at radius 1 is 1.00 bits per heavy atom. The first kappa shape index (κ1) is 19.5. The van der Waals surface area contributed by atoms with E-state index in [1.165, 1.54) is 0 Å². The number of aliphatic hydroxyl groups is 1. The summed E-state index contributed by atoms with van der Waals surface area (Å²) in [5.74, 6) is 2.00. The molecule has 0 heterocycles. The molecule has 2 atom stereocenters. The first-order chi connectivity index (χ1) is 13.1. The number of methoxy groups -OCH3 is 2. The Balaban J connectivity index is 1.88. The molecule has 1 fully saturated rings. The molecule has 2 aromatic rings. The number of aliphatic hydroxyl groups excluding tert-OH is 1. The van der Waals surface area contributed by atoms with Crippen LogP contribution in [0.5, 0.6) is 17.2 Å². The lowest BCUT2D eigenvalue weighted by atomic mass is 9.90. The fourth-order valence-electron chi connectivity index (χ4n) is 3.77. The van der Waals surface area contributed by atoms with Gasteiger partial charge in [-0.15, -0.1) is 0 Å². The van der Waals surface area contributed by atoms with Crippen LogP contribution in [0.15, 0.2) is 42.5 Å². The van der Waals surface area contributed by atoms with Gasteiger partial charge in [0.2, 0.25) is 0 Å². The lowest BCUT2D eigenvalue weighted by molar-refractivity contribution is 0.0830. The van der Waals surface area contributed by atoms with E-state index in [0.29, 0.717) is 23.9 Å². The Morgan fingerprint density at radius 3 is 2.26 bits per heavy atom. The van der Waals surface area contributed by atoms with Crippen molar-refractivity contribution in [1.82, 2.24) is 0 Å². The zero-order chi connectivity index (χ0) is 19.2. The molecular weight excluding hydrogens is 342 g/mol. The van der Waals surface area contributed by atoms with Gasteiger partial charge in [-0.2, -0.15) is 0 Å². The topological polar surface area (TPSA) is 73.9 Å². The van der Waals surface area contributed by atoms with Crippen LogP contribution in [-0.2, 0) is 6.61 Å². The van der Waals surface area contributed by atoms with Crippen molar-refractivity contribution in [3.05, 3.63) is 53.6 Å². The Morgan fingerprint density at radius 2 is 1.63 bits per heavy atom. The second-order valence-electron chi connectivity index (χ2n) is 7.08. The average molecular weight is 371 g/mol. The van der Waals surface area contributed by atoms with Gasteiger partial charge < -0.3 is 25.1 Å². The summed E-state index contributed by atoms with van der Waals surface area (Å²) >= 11 is 0. The van der Waals surface area contributed by atoms with Gasteiger partial charge in [-0.3, -0.25) is 0 Å². The first-order valence-corrected chi connectivity index (χ1v) is 9.50. The molecule has 0 saturated heterocycles. The van der Waals surface area contributed by atoms with Crippen LogP contribution >= 0.6 is 0 Å². The van der Waals surface area contributed by atoms with E-state index >= 15 is 0 Å². The summed E-state index contributed by atoms with van der Waals surface area (Å²) in [5, 5.41) is 10.8. The van der Waals surface area contributed by atoms with Crippen LogP contribution in [0.2, 0.25) is 0 Å². The molecular formula is C22H29NO4. The molecule has 0 aliphatic heterocycles. The Hall–Kier alpha value is -2.24. The first-order valence-electron chi connectivity index (χ1n) is 9.50. The monoisotopic (exact) mass is 371 g/mol. The summed E-state index contributed by atoms with van der Waals surface area (Å²) < 4.78 is 16.9. The maximum atomic E-state index is 10.8. The van der Waals surface area contributed by atoms with Crippen molar-refractivity contribution >= 4 is 0 Å². The van der Waals surface area contributed by atoms with Crippen molar-refractivity contribution in [3.63, 3.8) is 0 Å². The van der Waals surface area contributed by atoms with E-state index in [2.05, 4.69) is 0 Å². The molecule has 1 aliphatic rings. The van der Waals surface area contributed by atoms with E-state index in [0.717, 1.165) is 36.8 Å². The molecule has 1 saturated carbocycles. The molecule has 5 heteroatoms. The summed E-state index contributed by atoms with van der Waals surface area (Å²) in [7, 11) is 3.18. The molecule has 5 nitrogen and oxygen atoms in total. The standard InChI is InChI=1S/C22H29NO4/c1-25-19-12-17(21(23)22(24)16-10-6-7-11-16)18(13-20(19)26-2)27-14-15-8-4-3-5-9-15/h3-5,8-9,12-13,16,21-22,24H,6-7,10-11,14,23H2,1-2H3/t21-,22+/m1/s1. The smallest absolute Gasteiger partial charge is 0.164 e. The Labute approximate surface area is 161 Å². The Kier molecular flexibility index (Phi) is 6.58. The van der Waals surface area contributed by atoms with Gasteiger partial charge in [0.25, 0.3) is 0 Å². The second kappa shape index (κ2) is 9.11. The van der Waals surface area contributed by atoms with E-state index < -0.39 is 12.1 Å². The molecule has 2 aromatic carbocycles. The number of hydrogen-bond donors (Lipinski definition) is 2. The molecule has 0 radical (unpaired) electrons. The average Bonchev–Trinajstić information content (AvgIpc) is 3.26. The second-order valence-corrected chi connectivity index (χ2v) is 7.08. The molecule has 27 heavy (non-hydrogen) atoms. The molecule has 0 amide bonds. The summed E-state index contributed by atoms with van der Waals surface area (Å²) in [5.41, 5.74) is 8.27. The van der Waals surface area contributed by atoms with Crippen LogP contribution in [0.25, 0.3) is 0 Å². The zero-order valence-corrected chi connectivity index (χ0v) is 16.1. The van der Waals surface area contributed by atoms with Gasteiger partial charge in [0.1, 0.15) is 12.4 Å². The summed E-state index contributed by atoms with van der Waals surface area (Å²) in [6, 6.07) is 13.0. The lowest BCUT2D eigenvalue weighted by Gasteiger charge is -2.27. The molecule has 3 rings (SSSR count).